The number of aliphatic hydroxyl groups excluding tert-OH is 1. The highest BCUT2D eigenvalue weighted by molar-refractivity contribution is 5.93. The Morgan fingerprint density at radius 2 is 1.92 bits per heavy atom. The number of urea groups is 1. The van der Waals surface area contributed by atoms with Gasteiger partial charge in [0, 0.05) is 23.1 Å². The van der Waals surface area contributed by atoms with Crippen molar-refractivity contribution < 1.29 is 14.3 Å². The van der Waals surface area contributed by atoms with Gasteiger partial charge in [0.1, 0.15) is 5.52 Å². The molecular formula is C32H43N3O3. The Morgan fingerprint density at radius 3 is 2.68 bits per heavy atom. The lowest BCUT2D eigenvalue weighted by atomic mass is 9.34. The van der Waals surface area contributed by atoms with Gasteiger partial charge in [0.25, 0.3) is 0 Å². The molecule has 0 bridgehead atoms. The predicted octanol–water partition coefficient (Wildman–Crippen LogP) is 6.62. The second kappa shape index (κ2) is 8.20. The van der Waals surface area contributed by atoms with Gasteiger partial charge in [-0.1, -0.05) is 45.9 Å². The van der Waals surface area contributed by atoms with Crippen molar-refractivity contribution in [2.45, 2.75) is 85.6 Å². The summed E-state index contributed by atoms with van der Waals surface area (Å²) in [6.07, 6.45) is 15.4. The van der Waals surface area contributed by atoms with Gasteiger partial charge < -0.3 is 20.2 Å². The highest BCUT2D eigenvalue weighted by Crippen LogP contribution is 2.75. The molecule has 1 aromatic carbocycles. The van der Waals surface area contributed by atoms with Crippen molar-refractivity contribution in [1.82, 2.24) is 15.6 Å². The van der Waals surface area contributed by atoms with Gasteiger partial charge >= 0.3 is 6.03 Å². The maximum atomic E-state index is 12.6. The fourth-order valence-corrected chi connectivity index (χ4v) is 9.21. The summed E-state index contributed by atoms with van der Waals surface area (Å²) in [5, 5.41) is 15.2. The molecule has 4 aliphatic carbocycles. The van der Waals surface area contributed by atoms with Crippen LogP contribution in [0.15, 0.2) is 29.0 Å². The number of amides is 2. The number of carbonyl (C=O) groups excluding carboxylic acids is 1. The fourth-order valence-electron chi connectivity index (χ4n) is 9.21. The molecule has 6 nitrogen and oxygen atoms in total. The lowest BCUT2D eigenvalue weighted by molar-refractivity contribution is -0.171. The van der Waals surface area contributed by atoms with Crippen LogP contribution >= 0.6 is 0 Å². The zero-order valence-corrected chi connectivity index (χ0v) is 23.8. The number of carbonyl (C=O) groups is 1. The summed E-state index contributed by atoms with van der Waals surface area (Å²) in [7, 11) is 0. The van der Waals surface area contributed by atoms with Crippen LogP contribution in [0.5, 0.6) is 0 Å². The number of hydrogen-bond donors (Lipinski definition) is 3. The van der Waals surface area contributed by atoms with E-state index in [-0.39, 0.29) is 46.4 Å². The molecule has 2 saturated carbocycles. The molecule has 6 atom stereocenters. The van der Waals surface area contributed by atoms with Gasteiger partial charge in [-0.15, -0.1) is 0 Å². The largest absolute Gasteiger partial charge is 0.443 e. The molecule has 1 aromatic heterocycles. The van der Waals surface area contributed by atoms with Crippen molar-refractivity contribution in [3.63, 3.8) is 0 Å². The summed E-state index contributed by atoms with van der Waals surface area (Å²) in [5.74, 6) is 0.481. The van der Waals surface area contributed by atoms with Crippen molar-refractivity contribution in [3.05, 3.63) is 41.3 Å². The normalized spacial score (nSPS) is 39.4. The van der Waals surface area contributed by atoms with Gasteiger partial charge in [-0.2, -0.15) is 0 Å². The Bertz CT molecular complexity index is 1380. The van der Waals surface area contributed by atoms with Crippen LogP contribution in [-0.2, 0) is 0 Å². The first-order valence-electron chi connectivity index (χ1n) is 14.3. The molecule has 1 heterocycles. The average Bonchev–Trinajstić information content (AvgIpc) is 3.35. The van der Waals surface area contributed by atoms with Crippen molar-refractivity contribution in [3.8, 4) is 0 Å². The molecule has 3 N–H and O–H groups in total. The minimum atomic E-state index is -0.263. The average molecular weight is 518 g/mol. The maximum absolute atomic E-state index is 12.6. The molecule has 204 valence electrons. The van der Waals surface area contributed by atoms with Crippen LogP contribution in [0.1, 0.15) is 89.8 Å². The first-order valence-corrected chi connectivity index (χ1v) is 14.3. The molecule has 6 heteroatoms. The van der Waals surface area contributed by atoms with Gasteiger partial charge in [0.05, 0.1) is 6.61 Å². The summed E-state index contributed by atoms with van der Waals surface area (Å²) in [4.78, 5) is 17.1. The summed E-state index contributed by atoms with van der Waals surface area (Å²) in [6, 6.07) is 2.06. The van der Waals surface area contributed by atoms with E-state index in [0.717, 1.165) is 42.3 Å². The van der Waals surface area contributed by atoms with Crippen LogP contribution in [0.25, 0.3) is 22.7 Å². The van der Waals surface area contributed by atoms with E-state index in [4.69, 9.17) is 9.52 Å². The second-order valence-electron chi connectivity index (χ2n) is 13.8. The van der Waals surface area contributed by atoms with Gasteiger partial charge in [0.15, 0.2) is 12.0 Å². The molecule has 0 saturated heterocycles. The number of fused-ring (bicyclic) bond motifs is 8. The standard InChI is InChI=1S/C32H43N3O3/c1-20-21-7-9-30(4)23(22(21)17-24-26(20)38-19-34-24)8-10-31(5)25-18-29(3,35-27(37)33-15-16-36)13-11-28(25,2)12-14-32(30,31)6/h7-9,17,19,25,36H,10-16,18H2,1-6H3,(H2,33,35,37)/t25-,28-,29-,30-,31+,32-/m1/s1. The van der Waals surface area contributed by atoms with Crippen LogP contribution in [0.2, 0.25) is 0 Å². The summed E-state index contributed by atoms with van der Waals surface area (Å²) >= 11 is 0. The quantitative estimate of drug-likeness (QED) is 0.427. The third-order valence-electron chi connectivity index (χ3n) is 12.0. The molecule has 6 rings (SSSR count). The molecule has 0 spiro atoms. The topological polar surface area (TPSA) is 87.4 Å². The Hall–Kier alpha value is -2.60. The van der Waals surface area contributed by atoms with E-state index in [9.17, 15) is 4.79 Å². The highest BCUT2D eigenvalue weighted by Gasteiger charge is 2.67. The molecule has 4 aliphatic rings. The van der Waals surface area contributed by atoms with Crippen molar-refractivity contribution in [1.29, 1.82) is 0 Å². The van der Waals surface area contributed by atoms with Crippen LogP contribution in [-0.4, -0.2) is 34.8 Å². The monoisotopic (exact) mass is 517 g/mol. The van der Waals surface area contributed by atoms with E-state index >= 15 is 0 Å². The molecule has 38 heavy (non-hydrogen) atoms. The zero-order chi connectivity index (χ0) is 27.1. The number of oxazole rings is 1. The predicted molar refractivity (Wildman–Crippen MR) is 151 cm³/mol. The Labute approximate surface area is 226 Å². The molecule has 2 amide bonds. The fraction of sp³-hybridized carbons (Fsp3) is 0.625. The zero-order valence-electron chi connectivity index (χ0n) is 23.8. The number of nitrogens with one attached hydrogen (secondary N) is 2. The smallest absolute Gasteiger partial charge is 0.315 e. The first kappa shape index (κ1) is 25.7. The summed E-state index contributed by atoms with van der Waals surface area (Å²) in [6.45, 7) is 14.6. The van der Waals surface area contributed by atoms with E-state index in [1.807, 2.05) is 0 Å². The van der Waals surface area contributed by atoms with Crippen molar-refractivity contribution in [2.75, 3.05) is 13.2 Å². The number of aliphatic hydroxyl groups is 1. The lowest BCUT2D eigenvalue weighted by Gasteiger charge is -2.70. The number of hydrogen-bond acceptors (Lipinski definition) is 4. The van der Waals surface area contributed by atoms with Gasteiger partial charge in [-0.25, -0.2) is 9.78 Å². The van der Waals surface area contributed by atoms with Gasteiger partial charge in [-0.3, -0.25) is 0 Å². The molecule has 0 unspecified atom stereocenters. The molecule has 2 fully saturated rings. The Morgan fingerprint density at radius 1 is 1.16 bits per heavy atom. The molecular weight excluding hydrogens is 474 g/mol. The number of rotatable bonds is 3. The van der Waals surface area contributed by atoms with Crippen molar-refractivity contribution >= 4 is 28.8 Å². The van der Waals surface area contributed by atoms with E-state index < -0.39 is 0 Å². The number of aryl methyl sites for hydroxylation is 1. The third kappa shape index (κ3) is 3.28. The lowest BCUT2D eigenvalue weighted by Crippen LogP contribution is -2.65. The molecule has 2 aromatic rings. The van der Waals surface area contributed by atoms with Crippen LogP contribution in [0.4, 0.5) is 4.79 Å². The van der Waals surface area contributed by atoms with E-state index in [2.05, 4.69) is 81.5 Å². The van der Waals surface area contributed by atoms with E-state index in [0.29, 0.717) is 5.92 Å². The van der Waals surface area contributed by atoms with Crippen LogP contribution < -0.4 is 10.6 Å². The van der Waals surface area contributed by atoms with E-state index in [1.54, 1.807) is 6.39 Å². The summed E-state index contributed by atoms with van der Waals surface area (Å²) < 4.78 is 5.73. The van der Waals surface area contributed by atoms with Crippen LogP contribution in [0, 0.1) is 34.5 Å². The third-order valence-corrected chi connectivity index (χ3v) is 12.0. The number of allylic oxidation sites excluding steroid dienone is 3. The minimum Gasteiger partial charge on any atom is -0.443 e. The first-order chi connectivity index (χ1) is 17.9. The Kier molecular flexibility index (Phi) is 5.54. The van der Waals surface area contributed by atoms with E-state index in [1.165, 1.54) is 29.5 Å². The molecule has 0 aliphatic heterocycles. The van der Waals surface area contributed by atoms with Gasteiger partial charge in [-0.05, 0) is 97.3 Å². The highest BCUT2D eigenvalue weighted by atomic mass is 16.3. The van der Waals surface area contributed by atoms with Crippen LogP contribution in [0.3, 0.4) is 0 Å². The Balaban J connectivity index is 1.41. The molecule has 0 radical (unpaired) electrons. The summed E-state index contributed by atoms with van der Waals surface area (Å²) in [5.41, 5.74) is 7.03. The SMILES string of the molecule is Cc1c2c(cc3ncoc13)C1=CC[C@@]3(C)[C@@H]4C[C@](C)(NC(=O)NCCO)CC[C@]4(C)CC[C@]3(C)[C@]1(C)C=C2. The minimum absolute atomic E-state index is 0.0488. The second-order valence-corrected chi connectivity index (χ2v) is 13.8. The maximum Gasteiger partial charge on any atom is 0.315 e. The van der Waals surface area contributed by atoms with Crippen molar-refractivity contribution in [2.24, 2.45) is 27.6 Å². The number of aromatic nitrogens is 1. The number of nitrogens with zero attached hydrogens (tertiary/aromatic N) is 1. The van der Waals surface area contributed by atoms with Gasteiger partial charge in [0.2, 0.25) is 0 Å². The number of benzene rings is 1.